The molecular formula is C22H29N5O3. The van der Waals surface area contributed by atoms with Gasteiger partial charge in [0.25, 0.3) is 0 Å². The summed E-state index contributed by atoms with van der Waals surface area (Å²) < 4.78 is 11.7. The number of amides is 2. The molecule has 0 radical (unpaired) electrons. The van der Waals surface area contributed by atoms with E-state index in [4.69, 9.17) is 9.47 Å². The van der Waals surface area contributed by atoms with Crippen molar-refractivity contribution in [1.82, 2.24) is 20.2 Å². The molecule has 1 unspecified atom stereocenters. The van der Waals surface area contributed by atoms with Gasteiger partial charge in [-0.25, -0.2) is 14.8 Å². The molecule has 8 heteroatoms. The van der Waals surface area contributed by atoms with Crippen molar-refractivity contribution in [3.8, 4) is 5.88 Å². The Labute approximate surface area is 176 Å². The average Bonchev–Trinajstić information content (AvgIpc) is 3.28. The van der Waals surface area contributed by atoms with Gasteiger partial charge in [0.1, 0.15) is 12.4 Å². The number of anilines is 1. The van der Waals surface area contributed by atoms with E-state index in [2.05, 4.69) is 32.3 Å². The Kier molecular flexibility index (Phi) is 5.57. The van der Waals surface area contributed by atoms with Gasteiger partial charge in [0, 0.05) is 45.0 Å². The second kappa shape index (κ2) is 8.63. The molecule has 1 aromatic heterocycles. The van der Waals surface area contributed by atoms with Crippen molar-refractivity contribution < 1.29 is 14.3 Å². The first-order valence-electron chi connectivity index (χ1n) is 11.1. The van der Waals surface area contributed by atoms with Crippen molar-refractivity contribution in [2.75, 3.05) is 44.2 Å². The van der Waals surface area contributed by atoms with E-state index in [1.54, 1.807) is 6.33 Å². The molecule has 2 aromatic rings. The highest BCUT2D eigenvalue weighted by atomic mass is 16.5. The van der Waals surface area contributed by atoms with E-state index in [9.17, 15) is 4.79 Å². The standard InChI is InChI=1S/C22H29N5O3/c28-22(23-14-18-5-2-12-29-18)27-10-8-26(9-11-27)16-6-7-20-19(13-16)21(25-15-24-20)30-17-3-1-4-17/h6-7,13,15,17-18H,1-5,8-12,14H2,(H,23,28). The van der Waals surface area contributed by atoms with Crippen LogP contribution in [0.2, 0.25) is 0 Å². The summed E-state index contributed by atoms with van der Waals surface area (Å²) in [6.45, 7) is 4.41. The molecule has 1 saturated carbocycles. The Morgan fingerprint density at radius 1 is 1.13 bits per heavy atom. The van der Waals surface area contributed by atoms with Crippen LogP contribution in [0.4, 0.5) is 10.5 Å². The number of rotatable bonds is 5. The average molecular weight is 412 g/mol. The molecule has 1 N–H and O–H groups in total. The minimum absolute atomic E-state index is 0.00764. The number of hydrogen-bond donors (Lipinski definition) is 1. The van der Waals surface area contributed by atoms with Crippen molar-refractivity contribution in [3.05, 3.63) is 24.5 Å². The molecule has 3 heterocycles. The molecule has 30 heavy (non-hydrogen) atoms. The zero-order valence-corrected chi connectivity index (χ0v) is 17.3. The third-order valence-electron chi connectivity index (χ3n) is 6.35. The number of piperazine rings is 1. The maximum absolute atomic E-state index is 12.5. The summed E-state index contributed by atoms with van der Waals surface area (Å²) in [5.74, 6) is 0.679. The van der Waals surface area contributed by atoms with E-state index in [0.29, 0.717) is 25.5 Å². The van der Waals surface area contributed by atoms with Gasteiger partial charge < -0.3 is 24.6 Å². The molecule has 1 aromatic carbocycles. The number of carbonyl (C=O) groups excluding carboxylic acids is 1. The number of nitrogens with zero attached hydrogens (tertiary/aromatic N) is 4. The largest absolute Gasteiger partial charge is 0.474 e. The van der Waals surface area contributed by atoms with Crippen molar-refractivity contribution in [1.29, 1.82) is 0 Å². The lowest BCUT2D eigenvalue weighted by atomic mass is 9.96. The van der Waals surface area contributed by atoms with E-state index >= 15 is 0 Å². The molecule has 0 bridgehead atoms. The van der Waals surface area contributed by atoms with Gasteiger partial charge in [-0.2, -0.15) is 0 Å². The molecule has 3 fully saturated rings. The van der Waals surface area contributed by atoms with E-state index in [1.807, 2.05) is 11.0 Å². The zero-order chi connectivity index (χ0) is 20.3. The minimum Gasteiger partial charge on any atom is -0.474 e. The monoisotopic (exact) mass is 411 g/mol. The summed E-state index contributed by atoms with van der Waals surface area (Å²) in [5.41, 5.74) is 2.02. The summed E-state index contributed by atoms with van der Waals surface area (Å²) in [6, 6.07) is 6.25. The summed E-state index contributed by atoms with van der Waals surface area (Å²) >= 11 is 0. The third-order valence-corrected chi connectivity index (χ3v) is 6.35. The highest BCUT2D eigenvalue weighted by Crippen LogP contribution is 2.31. The molecule has 2 aliphatic heterocycles. The Balaban J connectivity index is 1.21. The van der Waals surface area contributed by atoms with Crippen LogP contribution in [-0.2, 0) is 4.74 Å². The van der Waals surface area contributed by atoms with Gasteiger partial charge in [-0.05, 0) is 50.3 Å². The quantitative estimate of drug-likeness (QED) is 0.815. The Morgan fingerprint density at radius 2 is 2.00 bits per heavy atom. The first-order chi connectivity index (χ1) is 14.8. The number of urea groups is 1. The molecule has 0 spiro atoms. The number of ether oxygens (including phenoxy) is 2. The predicted molar refractivity (Wildman–Crippen MR) is 114 cm³/mol. The van der Waals surface area contributed by atoms with E-state index < -0.39 is 0 Å². The highest BCUT2D eigenvalue weighted by molar-refractivity contribution is 5.86. The first-order valence-corrected chi connectivity index (χ1v) is 11.1. The number of benzene rings is 1. The van der Waals surface area contributed by atoms with Gasteiger partial charge in [-0.3, -0.25) is 0 Å². The first kappa shape index (κ1) is 19.4. The molecule has 160 valence electrons. The lowest BCUT2D eigenvalue weighted by Crippen LogP contribution is -2.52. The fourth-order valence-electron chi connectivity index (χ4n) is 4.24. The summed E-state index contributed by atoms with van der Waals surface area (Å²) in [4.78, 5) is 25.4. The van der Waals surface area contributed by atoms with Crippen LogP contribution in [0.1, 0.15) is 32.1 Å². The Morgan fingerprint density at radius 3 is 2.73 bits per heavy atom. The lowest BCUT2D eigenvalue weighted by Gasteiger charge is -2.36. The normalized spacial score (nSPS) is 22.2. The van der Waals surface area contributed by atoms with Crippen LogP contribution in [0, 0.1) is 0 Å². The van der Waals surface area contributed by atoms with Crippen LogP contribution < -0.4 is 15.0 Å². The van der Waals surface area contributed by atoms with Gasteiger partial charge in [0.2, 0.25) is 5.88 Å². The Bertz CT molecular complexity index is 889. The number of fused-ring (bicyclic) bond motifs is 1. The topological polar surface area (TPSA) is 79.8 Å². The Hall–Kier alpha value is -2.61. The van der Waals surface area contributed by atoms with Crippen molar-refractivity contribution in [2.24, 2.45) is 0 Å². The SMILES string of the molecule is O=C(NCC1CCCO1)N1CCN(c2ccc3ncnc(OC4CCC4)c3c2)CC1. The van der Waals surface area contributed by atoms with Gasteiger partial charge in [0.15, 0.2) is 0 Å². The summed E-state index contributed by atoms with van der Waals surface area (Å²) in [6.07, 6.45) is 7.57. The molecule has 1 aliphatic carbocycles. The minimum atomic E-state index is 0.00764. The van der Waals surface area contributed by atoms with E-state index in [-0.39, 0.29) is 18.2 Å². The molecule has 1 atom stereocenters. The van der Waals surface area contributed by atoms with Gasteiger partial charge in [-0.1, -0.05) is 0 Å². The van der Waals surface area contributed by atoms with Crippen LogP contribution in [0.15, 0.2) is 24.5 Å². The van der Waals surface area contributed by atoms with Crippen molar-refractivity contribution in [2.45, 2.75) is 44.3 Å². The van der Waals surface area contributed by atoms with Crippen LogP contribution in [-0.4, -0.2) is 72.4 Å². The maximum Gasteiger partial charge on any atom is 0.317 e. The fourth-order valence-corrected chi connectivity index (χ4v) is 4.24. The van der Waals surface area contributed by atoms with Crippen molar-refractivity contribution >= 4 is 22.6 Å². The lowest BCUT2D eigenvalue weighted by molar-refractivity contribution is 0.108. The van der Waals surface area contributed by atoms with Gasteiger partial charge in [-0.15, -0.1) is 0 Å². The highest BCUT2D eigenvalue weighted by Gasteiger charge is 2.24. The van der Waals surface area contributed by atoms with Gasteiger partial charge >= 0.3 is 6.03 Å². The number of nitrogens with one attached hydrogen (secondary N) is 1. The number of carbonyl (C=O) groups is 1. The van der Waals surface area contributed by atoms with Crippen molar-refractivity contribution in [3.63, 3.8) is 0 Å². The van der Waals surface area contributed by atoms with Gasteiger partial charge in [0.05, 0.1) is 17.0 Å². The van der Waals surface area contributed by atoms with E-state index in [0.717, 1.165) is 62.0 Å². The number of hydrogen-bond acceptors (Lipinski definition) is 6. The molecular weight excluding hydrogens is 382 g/mol. The fraction of sp³-hybridized carbons (Fsp3) is 0.591. The number of aromatic nitrogens is 2. The molecule has 2 saturated heterocycles. The zero-order valence-electron chi connectivity index (χ0n) is 17.3. The second-order valence-electron chi connectivity index (χ2n) is 8.35. The third kappa shape index (κ3) is 4.14. The summed E-state index contributed by atoms with van der Waals surface area (Å²) in [5, 5.41) is 3.98. The molecule has 5 rings (SSSR count). The maximum atomic E-state index is 12.5. The van der Waals surface area contributed by atoms with Crippen LogP contribution in [0.3, 0.4) is 0 Å². The smallest absolute Gasteiger partial charge is 0.317 e. The molecule has 2 amide bonds. The van der Waals surface area contributed by atoms with E-state index in [1.165, 1.54) is 6.42 Å². The van der Waals surface area contributed by atoms with Crippen LogP contribution in [0.25, 0.3) is 10.9 Å². The summed E-state index contributed by atoms with van der Waals surface area (Å²) in [7, 11) is 0. The molecule has 8 nitrogen and oxygen atoms in total. The van der Waals surface area contributed by atoms with Crippen LogP contribution in [0.5, 0.6) is 5.88 Å². The predicted octanol–water partition coefficient (Wildman–Crippen LogP) is 2.57. The molecule has 3 aliphatic rings. The second-order valence-corrected chi connectivity index (χ2v) is 8.35. The van der Waals surface area contributed by atoms with Crippen LogP contribution >= 0.6 is 0 Å².